The first-order valence-electron chi connectivity index (χ1n) is 9.50. The van der Waals surface area contributed by atoms with Gasteiger partial charge in [-0.15, -0.1) is 0 Å². The molecular formula is C19H24N6. The van der Waals surface area contributed by atoms with Crippen LogP contribution in [0.2, 0.25) is 0 Å². The van der Waals surface area contributed by atoms with Crippen molar-refractivity contribution in [1.82, 2.24) is 19.9 Å². The largest absolute Gasteiger partial charge is 0.355 e. The van der Waals surface area contributed by atoms with Crippen LogP contribution in [0.5, 0.6) is 0 Å². The van der Waals surface area contributed by atoms with Gasteiger partial charge in [0.25, 0.3) is 0 Å². The van der Waals surface area contributed by atoms with Gasteiger partial charge < -0.3 is 9.80 Å². The zero-order chi connectivity index (χ0) is 16.6. The summed E-state index contributed by atoms with van der Waals surface area (Å²) in [5.74, 6) is 2.86. The van der Waals surface area contributed by atoms with Crippen molar-refractivity contribution in [1.29, 1.82) is 0 Å². The SMILES string of the molecule is c1cc(N(C2CC2)C2CCN(c3nccnc3C3CC3)CC2)ncn1. The molecule has 3 fully saturated rings. The van der Waals surface area contributed by atoms with Crippen molar-refractivity contribution in [2.45, 2.75) is 56.5 Å². The summed E-state index contributed by atoms with van der Waals surface area (Å²) in [6.07, 6.45) is 14.6. The second-order valence-corrected chi connectivity index (χ2v) is 7.46. The molecule has 6 nitrogen and oxygen atoms in total. The fourth-order valence-corrected chi connectivity index (χ4v) is 4.05. The van der Waals surface area contributed by atoms with Crippen LogP contribution in [0.15, 0.2) is 31.0 Å². The van der Waals surface area contributed by atoms with Crippen LogP contribution in [0.3, 0.4) is 0 Å². The Morgan fingerprint density at radius 3 is 2.28 bits per heavy atom. The number of rotatable bonds is 5. The molecule has 0 bridgehead atoms. The van der Waals surface area contributed by atoms with Gasteiger partial charge in [0.15, 0.2) is 5.82 Å². The predicted octanol–water partition coefficient (Wildman–Crippen LogP) is 2.78. The lowest BCUT2D eigenvalue weighted by Gasteiger charge is -2.40. The second kappa shape index (κ2) is 6.24. The van der Waals surface area contributed by atoms with E-state index in [2.05, 4.69) is 35.8 Å². The topological polar surface area (TPSA) is 58.0 Å². The summed E-state index contributed by atoms with van der Waals surface area (Å²) in [5, 5.41) is 0. The zero-order valence-corrected chi connectivity index (χ0v) is 14.5. The minimum Gasteiger partial charge on any atom is -0.355 e. The molecule has 5 rings (SSSR count). The minimum absolute atomic E-state index is 0.569. The number of nitrogens with zero attached hydrogens (tertiary/aromatic N) is 6. The molecule has 2 aromatic rings. The van der Waals surface area contributed by atoms with Gasteiger partial charge in [-0.3, -0.25) is 4.98 Å². The van der Waals surface area contributed by atoms with Crippen LogP contribution in [-0.4, -0.2) is 45.1 Å². The van der Waals surface area contributed by atoms with Gasteiger partial charge in [-0.1, -0.05) is 0 Å². The summed E-state index contributed by atoms with van der Waals surface area (Å²) < 4.78 is 0. The molecular weight excluding hydrogens is 312 g/mol. The van der Waals surface area contributed by atoms with Crippen LogP contribution < -0.4 is 9.80 Å². The first kappa shape index (κ1) is 15.0. The van der Waals surface area contributed by atoms with Crippen LogP contribution in [0.25, 0.3) is 0 Å². The lowest BCUT2D eigenvalue weighted by atomic mass is 10.0. The second-order valence-electron chi connectivity index (χ2n) is 7.46. The molecule has 0 unspecified atom stereocenters. The van der Waals surface area contributed by atoms with E-state index in [1.807, 2.05) is 18.6 Å². The van der Waals surface area contributed by atoms with E-state index >= 15 is 0 Å². The highest BCUT2D eigenvalue weighted by Gasteiger charge is 2.37. The molecule has 0 amide bonds. The third-order valence-electron chi connectivity index (χ3n) is 5.60. The average molecular weight is 336 g/mol. The minimum atomic E-state index is 0.569. The first-order valence-corrected chi connectivity index (χ1v) is 9.50. The number of hydrogen-bond donors (Lipinski definition) is 0. The monoisotopic (exact) mass is 336 g/mol. The summed E-state index contributed by atoms with van der Waals surface area (Å²) in [4.78, 5) is 22.9. The van der Waals surface area contributed by atoms with E-state index in [1.165, 1.54) is 31.4 Å². The average Bonchev–Trinajstić information content (AvgIpc) is 3.57. The summed E-state index contributed by atoms with van der Waals surface area (Å²) in [7, 11) is 0. The van der Waals surface area contributed by atoms with Crippen LogP contribution in [-0.2, 0) is 0 Å². The molecule has 6 heteroatoms. The molecule has 130 valence electrons. The molecule has 0 atom stereocenters. The van der Waals surface area contributed by atoms with E-state index in [1.54, 1.807) is 6.33 Å². The van der Waals surface area contributed by atoms with Crippen LogP contribution >= 0.6 is 0 Å². The highest BCUT2D eigenvalue weighted by molar-refractivity contribution is 5.48. The van der Waals surface area contributed by atoms with Crippen molar-refractivity contribution in [2.75, 3.05) is 22.9 Å². The van der Waals surface area contributed by atoms with E-state index in [-0.39, 0.29) is 0 Å². The molecule has 2 aliphatic carbocycles. The highest BCUT2D eigenvalue weighted by atomic mass is 15.3. The van der Waals surface area contributed by atoms with Gasteiger partial charge in [0.1, 0.15) is 12.1 Å². The summed E-state index contributed by atoms with van der Waals surface area (Å²) in [5.41, 5.74) is 1.22. The smallest absolute Gasteiger partial charge is 0.150 e. The fourth-order valence-electron chi connectivity index (χ4n) is 4.05. The van der Waals surface area contributed by atoms with E-state index in [0.29, 0.717) is 18.0 Å². The van der Waals surface area contributed by atoms with E-state index < -0.39 is 0 Å². The number of anilines is 2. The normalized spacial score (nSPS) is 21.4. The van der Waals surface area contributed by atoms with Crippen LogP contribution in [0.1, 0.15) is 50.1 Å². The Kier molecular flexibility index (Phi) is 3.76. The van der Waals surface area contributed by atoms with Gasteiger partial charge in [0.2, 0.25) is 0 Å². The van der Waals surface area contributed by atoms with Crippen molar-refractivity contribution in [3.05, 3.63) is 36.7 Å². The van der Waals surface area contributed by atoms with E-state index in [0.717, 1.165) is 37.6 Å². The molecule has 0 N–H and O–H groups in total. The first-order chi connectivity index (χ1) is 12.4. The Balaban J connectivity index is 1.31. The Labute approximate surface area is 148 Å². The Hall–Kier alpha value is -2.24. The van der Waals surface area contributed by atoms with Gasteiger partial charge in [0, 0.05) is 49.7 Å². The lowest BCUT2D eigenvalue weighted by molar-refractivity contribution is 0.456. The predicted molar refractivity (Wildman–Crippen MR) is 96.8 cm³/mol. The van der Waals surface area contributed by atoms with Gasteiger partial charge in [-0.2, -0.15) is 0 Å². The Bertz CT molecular complexity index is 720. The quantitative estimate of drug-likeness (QED) is 0.837. The summed E-state index contributed by atoms with van der Waals surface area (Å²) in [6, 6.07) is 3.29. The van der Waals surface area contributed by atoms with Gasteiger partial charge in [-0.25, -0.2) is 15.0 Å². The number of piperidine rings is 1. The lowest BCUT2D eigenvalue weighted by Crippen LogP contribution is -2.47. The molecule has 3 aliphatic rings. The molecule has 3 heterocycles. The molecule has 0 aromatic carbocycles. The fraction of sp³-hybridized carbons (Fsp3) is 0.579. The van der Waals surface area contributed by atoms with Gasteiger partial charge in [0.05, 0.1) is 5.69 Å². The number of hydrogen-bond acceptors (Lipinski definition) is 6. The molecule has 0 radical (unpaired) electrons. The van der Waals surface area contributed by atoms with E-state index in [9.17, 15) is 0 Å². The maximum atomic E-state index is 4.67. The van der Waals surface area contributed by atoms with Gasteiger partial charge >= 0.3 is 0 Å². The zero-order valence-electron chi connectivity index (χ0n) is 14.5. The molecule has 25 heavy (non-hydrogen) atoms. The molecule has 0 spiro atoms. The molecule has 1 saturated heterocycles. The highest BCUT2D eigenvalue weighted by Crippen LogP contribution is 2.43. The van der Waals surface area contributed by atoms with Gasteiger partial charge in [-0.05, 0) is 44.6 Å². The standard InChI is InChI=1S/C19H24N6/c1-2-14(1)18-19(22-10-9-21-18)24-11-6-16(7-12-24)25(15-3-4-15)17-5-8-20-13-23-17/h5,8-10,13-16H,1-4,6-7,11-12H2. The van der Waals surface area contributed by atoms with Crippen molar-refractivity contribution in [2.24, 2.45) is 0 Å². The summed E-state index contributed by atoms with van der Waals surface area (Å²) in [6.45, 7) is 2.11. The Morgan fingerprint density at radius 1 is 0.840 bits per heavy atom. The van der Waals surface area contributed by atoms with Crippen molar-refractivity contribution in [3.63, 3.8) is 0 Å². The van der Waals surface area contributed by atoms with E-state index in [4.69, 9.17) is 0 Å². The third kappa shape index (κ3) is 3.05. The molecule has 2 saturated carbocycles. The maximum absolute atomic E-state index is 4.67. The molecule has 1 aliphatic heterocycles. The Morgan fingerprint density at radius 2 is 1.60 bits per heavy atom. The van der Waals surface area contributed by atoms with Crippen LogP contribution in [0, 0.1) is 0 Å². The van der Waals surface area contributed by atoms with Crippen molar-refractivity contribution >= 4 is 11.6 Å². The summed E-state index contributed by atoms with van der Waals surface area (Å²) >= 11 is 0. The maximum Gasteiger partial charge on any atom is 0.150 e. The van der Waals surface area contributed by atoms with Crippen LogP contribution in [0.4, 0.5) is 11.6 Å². The van der Waals surface area contributed by atoms with Crippen molar-refractivity contribution < 1.29 is 0 Å². The van der Waals surface area contributed by atoms with Crippen molar-refractivity contribution in [3.8, 4) is 0 Å². The number of aromatic nitrogens is 4. The third-order valence-corrected chi connectivity index (χ3v) is 5.60. The molecule has 2 aromatic heterocycles.